The van der Waals surface area contributed by atoms with Crippen LogP contribution in [0.25, 0.3) is 0 Å². The Morgan fingerprint density at radius 2 is 1.74 bits per heavy atom. The van der Waals surface area contributed by atoms with E-state index in [1.807, 2.05) is 49.7 Å². The monoisotopic (exact) mass is 433 g/mol. The molecule has 0 aliphatic heterocycles. The average molecular weight is 434 g/mol. The van der Waals surface area contributed by atoms with Gasteiger partial charge in [0.1, 0.15) is 0 Å². The lowest BCUT2D eigenvalue weighted by Gasteiger charge is -2.21. The third-order valence-electron chi connectivity index (χ3n) is 4.80. The number of Topliss-reactive ketones (excluding diaryl/α,β-unsaturated/α-hetero) is 1. The van der Waals surface area contributed by atoms with Gasteiger partial charge in [0.05, 0.1) is 23.4 Å². The van der Waals surface area contributed by atoms with E-state index in [9.17, 15) is 9.59 Å². The molecule has 0 fully saturated rings. The SMILES string of the molecule is CC(C)C(NC(=O)c1ccccc1)c1nnc(SCC(=O)c2ccc(C#N)cc2)n1C. The predicted octanol–water partition coefficient (Wildman–Crippen LogP) is 3.79. The van der Waals surface area contributed by atoms with Crippen LogP contribution in [0.5, 0.6) is 0 Å². The molecule has 0 aliphatic rings. The van der Waals surface area contributed by atoms with Gasteiger partial charge in [0.2, 0.25) is 0 Å². The summed E-state index contributed by atoms with van der Waals surface area (Å²) in [6.07, 6.45) is 0. The molecule has 8 heteroatoms. The van der Waals surface area contributed by atoms with Gasteiger partial charge in [-0.15, -0.1) is 10.2 Å². The maximum atomic E-state index is 12.6. The van der Waals surface area contributed by atoms with Gasteiger partial charge in [-0.2, -0.15) is 5.26 Å². The second-order valence-electron chi connectivity index (χ2n) is 7.36. The highest BCUT2D eigenvalue weighted by Crippen LogP contribution is 2.25. The van der Waals surface area contributed by atoms with Crippen LogP contribution in [0, 0.1) is 17.2 Å². The smallest absolute Gasteiger partial charge is 0.251 e. The number of nitrogens with one attached hydrogen (secondary N) is 1. The second kappa shape index (κ2) is 10.0. The number of hydrogen-bond acceptors (Lipinski definition) is 6. The van der Waals surface area contributed by atoms with Gasteiger partial charge in [0, 0.05) is 18.2 Å². The molecule has 0 spiro atoms. The Kier molecular flexibility index (Phi) is 7.21. The fourth-order valence-corrected chi connectivity index (χ4v) is 3.82. The Labute approximate surface area is 185 Å². The fraction of sp³-hybridized carbons (Fsp3) is 0.261. The van der Waals surface area contributed by atoms with E-state index in [2.05, 4.69) is 15.5 Å². The number of benzene rings is 2. The number of nitriles is 1. The topological polar surface area (TPSA) is 101 Å². The van der Waals surface area contributed by atoms with Gasteiger partial charge < -0.3 is 9.88 Å². The van der Waals surface area contributed by atoms with Gasteiger partial charge in [-0.25, -0.2) is 0 Å². The summed E-state index contributed by atoms with van der Waals surface area (Å²) in [6.45, 7) is 4.01. The average Bonchev–Trinajstić information content (AvgIpc) is 3.15. The highest BCUT2D eigenvalue weighted by molar-refractivity contribution is 7.99. The third kappa shape index (κ3) is 5.38. The van der Waals surface area contributed by atoms with Crippen LogP contribution in [0.3, 0.4) is 0 Å². The van der Waals surface area contributed by atoms with E-state index < -0.39 is 0 Å². The first-order valence-electron chi connectivity index (χ1n) is 9.82. The number of carbonyl (C=O) groups is 2. The molecule has 0 aliphatic carbocycles. The maximum Gasteiger partial charge on any atom is 0.251 e. The van der Waals surface area contributed by atoms with Crippen LogP contribution < -0.4 is 5.32 Å². The van der Waals surface area contributed by atoms with Gasteiger partial charge >= 0.3 is 0 Å². The molecule has 3 rings (SSSR count). The van der Waals surface area contributed by atoms with E-state index in [0.717, 1.165) is 0 Å². The van der Waals surface area contributed by atoms with Crippen molar-refractivity contribution in [1.29, 1.82) is 5.26 Å². The molecule has 1 amide bonds. The molecule has 0 saturated heterocycles. The number of aromatic nitrogens is 3. The van der Waals surface area contributed by atoms with Crippen molar-refractivity contribution in [3.8, 4) is 6.07 Å². The second-order valence-corrected chi connectivity index (χ2v) is 8.30. The Balaban J connectivity index is 1.70. The van der Waals surface area contributed by atoms with Crippen molar-refractivity contribution in [3.63, 3.8) is 0 Å². The van der Waals surface area contributed by atoms with E-state index in [-0.39, 0.29) is 29.4 Å². The molecule has 7 nitrogen and oxygen atoms in total. The Morgan fingerprint density at radius 1 is 1.06 bits per heavy atom. The summed E-state index contributed by atoms with van der Waals surface area (Å²) in [5.41, 5.74) is 1.64. The molecule has 31 heavy (non-hydrogen) atoms. The van der Waals surface area contributed by atoms with Crippen LogP contribution in [0.1, 0.15) is 52.0 Å². The maximum absolute atomic E-state index is 12.6. The Hall–Kier alpha value is -3.44. The van der Waals surface area contributed by atoms with Crippen molar-refractivity contribution in [2.75, 3.05) is 5.75 Å². The predicted molar refractivity (Wildman–Crippen MR) is 119 cm³/mol. The molecular formula is C23H23N5O2S. The van der Waals surface area contributed by atoms with Crippen molar-refractivity contribution in [3.05, 3.63) is 77.1 Å². The molecule has 0 radical (unpaired) electrons. The molecule has 1 N–H and O–H groups in total. The van der Waals surface area contributed by atoms with Gasteiger partial charge in [0.25, 0.3) is 5.91 Å². The minimum atomic E-state index is -0.325. The van der Waals surface area contributed by atoms with Crippen LogP contribution in [-0.4, -0.2) is 32.2 Å². The lowest BCUT2D eigenvalue weighted by Crippen LogP contribution is -2.33. The Bertz CT molecular complexity index is 1100. The Morgan fingerprint density at radius 3 is 2.35 bits per heavy atom. The van der Waals surface area contributed by atoms with E-state index in [1.54, 1.807) is 36.4 Å². The lowest BCUT2D eigenvalue weighted by atomic mass is 10.0. The highest BCUT2D eigenvalue weighted by atomic mass is 32.2. The normalized spacial score (nSPS) is 11.7. The molecule has 2 aromatic carbocycles. The van der Waals surface area contributed by atoms with Gasteiger partial charge in [-0.1, -0.05) is 55.9 Å². The molecule has 1 heterocycles. The first-order valence-corrected chi connectivity index (χ1v) is 10.8. The zero-order valence-corrected chi connectivity index (χ0v) is 18.4. The highest BCUT2D eigenvalue weighted by Gasteiger charge is 2.25. The van der Waals surface area contributed by atoms with Crippen LogP contribution in [0.2, 0.25) is 0 Å². The van der Waals surface area contributed by atoms with Crippen molar-refractivity contribution >= 4 is 23.5 Å². The molecule has 3 aromatic rings. The van der Waals surface area contributed by atoms with Crippen LogP contribution in [-0.2, 0) is 7.05 Å². The standard InChI is InChI=1S/C23H23N5O2S/c1-15(2)20(25-22(30)18-7-5-4-6-8-18)21-26-27-23(28(21)3)31-14-19(29)17-11-9-16(13-24)10-12-17/h4-12,15,20H,14H2,1-3H3,(H,25,30). The summed E-state index contributed by atoms with van der Waals surface area (Å²) >= 11 is 1.29. The zero-order valence-electron chi connectivity index (χ0n) is 17.6. The number of hydrogen-bond donors (Lipinski definition) is 1. The van der Waals surface area contributed by atoms with E-state index in [0.29, 0.717) is 27.7 Å². The molecule has 1 atom stereocenters. The van der Waals surface area contributed by atoms with Crippen molar-refractivity contribution < 1.29 is 9.59 Å². The van der Waals surface area contributed by atoms with Gasteiger partial charge in [0.15, 0.2) is 16.8 Å². The van der Waals surface area contributed by atoms with Crippen LogP contribution >= 0.6 is 11.8 Å². The quantitative estimate of drug-likeness (QED) is 0.428. The zero-order chi connectivity index (χ0) is 22.4. The first-order chi connectivity index (χ1) is 14.9. The number of amides is 1. The summed E-state index contributed by atoms with van der Waals surface area (Å²) in [5.74, 6) is 0.686. The molecule has 0 bridgehead atoms. The number of ketones is 1. The number of thioether (sulfide) groups is 1. The number of nitrogens with zero attached hydrogens (tertiary/aromatic N) is 4. The molecule has 1 aromatic heterocycles. The molecule has 1 unspecified atom stereocenters. The van der Waals surface area contributed by atoms with Gasteiger partial charge in [-0.05, 0) is 30.2 Å². The first kappa shape index (κ1) is 22.2. The minimum Gasteiger partial charge on any atom is -0.342 e. The third-order valence-corrected chi connectivity index (χ3v) is 5.82. The molecular weight excluding hydrogens is 410 g/mol. The fourth-order valence-electron chi connectivity index (χ4n) is 3.01. The van der Waals surface area contributed by atoms with E-state index in [4.69, 9.17) is 5.26 Å². The van der Waals surface area contributed by atoms with Gasteiger partial charge in [-0.3, -0.25) is 9.59 Å². The van der Waals surface area contributed by atoms with Crippen LogP contribution in [0.15, 0.2) is 59.8 Å². The van der Waals surface area contributed by atoms with E-state index >= 15 is 0 Å². The number of carbonyl (C=O) groups excluding carboxylic acids is 2. The summed E-state index contributed by atoms with van der Waals surface area (Å²) in [5, 5.41) is 21.0. The minimum absolute atomic E-state index is 0.0585. The van der Waals surface area contributed by atoms with E-state index in [1.165, 1.54) is 11.8 Å². The lowest BCUT2D eigenvalue weighted by molar-refractivity contribution is 0.0921. The van der Waals surface area contributed by atoms with Crippen molar-refractivity contribution in [2.45, 2.75) is 25.0 Å². The summed E-state index contributed by atoms with van der Waals surface area (Å²) in [4.78, 5) is 25.1. The largest absolute Gasteiger partial charge is 0.342 e. The number of rotatable bonds is 8. The molecule has 158 valence electrons. The summed E-state index contributed by atoms with van der Waals surface area (Å²) in [6, 6.07) is 17.3. The summed E-state index contributed by atoms with van der Waals surface area (Å²) < 4.78 is 1.81. The summed E-state index contributed by atoms with van der Waals surface area (Å²) in [7, 11) is 1.83. The molecule has 0 saturated carbocycles. The van der Waals surface area contributed by atoms with Crippen molar-refractivity contribution in [1.82, 2.24) is 20.1 Å². The van der Waals surface area contributed by atoms with Crippen molar-refractivity contribution in [2.24, 2.45) is 13.0 Å². The van der Waals surface area contributed by atoms with Crippen LogP contribution in [0.4, 0.5) is 0 Å².